The number of aromatic amines is 1. The molecule has 2 aromatic rings. The monoisotopic (exact) mass is 312 g/mol. The van der Waals surface area contributed by atoms with Gasteiger partial charge in [-0.1, -0.05) is 6.92 Å². The molecule has 1 aliphatic heterocycles. The molecule has 0 spiro atoms. The maximum Gasteiger partial charge on any atom is 0.224 e. The number of H-pyrrole nitrogens is 1. The lowest BCUT2D eigenvalue weighted by molar-refractivity contribution is -0.117. The largest absolute Gasteiger partial charge is 0.345 e. The van der Waals surface area contributed by atoms with Crippen LogP contribution in [0, 0.1) is 11.8 Å². The van der Waals surface area contributed by atoms with E-state index in [4.69, 9.17) is 0 Å². The van der Waals surface area contributed by atoms with Crippen molar-refractivity contribution in [1.82, 2.24) is 15.3 Å². The van der Waals surface area contributed by atoms with Crippen LogP contribution >= 0.6 is 0 Å². The molecule has 1 aliphatic rings. The van der Waals surface area contributed by atoms with Gasteiger partial charge in [0.15, 0.2) is 0 Å². The predicted octanol–water partition coefficient (Wildman–Crippen LogP) is 3.04. The Morgan fingerprint density at radius 2 is 2.04 bits per heavy atom. The fraction of sp³-hybridized carbons (Fsp3) is 0.444. The molecule has 1 amide bonds. The van der Waals surface area contributed by atoms with E-state index >= 15 is 0 Å². The fourth-order valence-electron chi connectivity index (χ4n) is 3.22. The Labute approximate surface area is 136 Å². The Morgan fingerprint density at radius 3 is 2.70 bits per heavy atom. The van der Waals surface area contributed by atoms with Crippen LogP contribution in [0.2, 0.25) is 0 Å². The summed E-state index contributed by atoms with van der Waals surface area (Å²) in [6.07, 6.45) is 6.46. The highest BCUT2D eigenvalue weighted by molar-refractivity contribution is 5.91. The Hall–Kier alpha value is -2.14. The lowest BCUT2D eigenvalue weighted by Gasteiger charge is -2.27. The molecule has 23 heavy (non-hydrogen) atoms. The molecular formula is C18H24N4O. The third-order valence-electron chi connectivity index (χ3n) is 4.64. The number of hydrogen-bond donors (Lipinski definition) is 3. The maximum atomic E-state index is 12.2. The minimum atomic E-state index is 0.0989. The van der Waals surface area contributed by atoms with Crippen LogP contribution in [0.1, 0.15) is 26.2 Å². The van der Waals surface area contributed by atoms with Gasteiger partial charge in [-0.25, -0.2) is 4.98 Å². The predicted molar refractivity (Wildman–Crippen MR) is 92.0 cm³/mol. The number of amides is 1. The lowest BCUT2D eigenvalue weighted by atomic mass is 9.84. The van der Waals surface area contributed by atoms with Gasteiger partial charge in [0.2, 0.25) is 5.91 Å². The van der Waals surface area contributed by atoms with Crippen molar-refractivity contribution < 1.29 is 4.79 Å². The maximum absolute atomic E-state index is 12.2. The number of anilines is 1. The van der Waals surface area contributed by atoms with Gasteiger partial charge >= 0.3 is 0 Å². The Morgan fingerprint density at radius 1 is 1.30 bits per heavy atom. The van der Waals surface area contributed by atoms with Gasteiger partial charge in [0.25, 0.3) is 0 Å². The van der Waals surface area contributed by atoms with Crippen LogP contribution in [0.4, 0.5) is 5.69 Å². The minimum absolute atomic E-state index is 0.0989. The number of hydrogen-bond acceptors (Lipinski definition) is 3. The summed E-state index contributed by atoms with van der Waals surface area (Å²) in [6, 6.07) is 7.77. The summed E-state index contributed by atoms with van der Waals surface area (Å²) in [6.45, 7) is 4.34. The van der Waals surface area contributed by atoms with E-state index in [0.29, 0.717) is 18.3 Å². The lowest BCUT2D eigenvalue weighted by Crippen LogP contribution is -2.32. The molecule has 1 fully saturated rings. The molecule has 1 unspecified atom stereocenters. The topological polar surface area (TPSA) is 69.8 Å². The van der Waals surface area contributed by atoms with Crippen molar-refractivity contribution >= 4 is 11.6 Å². The van der Waals surface area contributed by atoms with Crippen LogP contribution in [-0.4, -0.2) is 29.0 Å². The standard InChI is InChI=1S/C18H24N4O/c1-13(14-6-8-19-9-7-14)12-17(23)22-16-4-2-15(3-5-16)18-20-10-11-21-18/h2-5,10-11,13-14,19H,6-9,12H2,1H3,(H,20,21)(H,22,23). The molecule has 5 nitrogen and oxygen atoms in total. The Balaban J connectivity index is 1.53. The first-order valence-corrected chi connectivity index (χ1v) is 8.33. The molecule has 1 saturated heterocycles. The van der Waals surface area contributed by atoms with Crippen LogP contribution in [-0.2, 0) is 4.79 Å². The van der Waals surface area contributed by atoms with E-state index in [2.05, 4.69) is 27.5 Å². The van der Waals surface area contributed by atoms with Crippen molar-refractivity contribution in [1.29, 1.82) is 0 Å². The van der Waals surface area contributed by atoms with E-state index in [9.17, 15) is 4.79 Å². The fourth-order valence-corrected chi connectivity index (χ4v) is 3.22. The number of carbonyl (C=O) groups excluding carboxylic acids is 1. The summed E-state index contributed by atoms with van der Waals surface area (Å²) in [5.74, 6) is 2.02. The van der Waals surface area contributed by atoms with E-state index in [1.54, 1.807) is 12.4 Å². The number of aromatic nitrogens is 2. The number of piperidine rings is 1. The van der Waals surface area contributed by atoms with E-state index in [-0.39, 0.29) is 5.91 Å². The van der Waals surface area contributed by atoms with Crippen LogP contribution < -0.4 is 10.6 Å². The quantitative estimate of drug-likeness (QED) is 0.795. The normalized spacial score (nSPS) is 16.9. The first-order chi connectivity index (χ1) is 11.2. The van der Waals surface area contributed by atoms with Crippen molar-refractivity contribution in [3.05, 3.63) is 36.7 Å². The molecule has 0 aliphatic carbocycles. The van der Waals surface area contributed by atoms with Crippen molar-refractivity contribution in [3.8, 4) is 11.4 Å². The highest BCUT2D eigenvalue weighted by Gasteiger charge is 2.21. The highest BCUT2D eigenvalue weighted by Crippen LogP contribution is 2.25. The number of nitrogens with zero attached hydrogens (tertiary/aromatic N) is 1. The average Bonchev–Trinajstić information content (AvgIpc) is 3.11. The van der Waals surface area contributed by atoms with Gasteiger partial charge in [0, 0.05) is 30.1 Å². The molecule has 1 aromatic heterocycles. The second-order valence-electron chi connectivity index (χ2n) is 6.33. The van der Waals surface area contributed by atoms with Gasteiger partial charge in [-0.15, -0.1) is 0 Å². The smallest absolute Gasteiger partial charge is 0.224 e. The van der Waals surface area contributed by atoms with Gasteiger partial charge in [-0.2, -0.15) is 0 Å². The zero-order valence-electron chi connectivity index (χ0n) is 13.5. The molecule has 0 saturated carbocycles. The molecule has 3 rings (SSSR count). The molecule has 5 heteroatoms. The molecule has 122 valence electrons. The highest BCUT2D eigenvalue weighted by atomic mass is 16.1. The van der Waals surface area contributed by atoms with Crippen LogP contribution in [0.3, 0.4) is 0 Å². The molecular weight excluding hydrogens is 288 g/mol. The second kappa shape index (κ2) is 7.42. The Kier molecular flexibility index (Phi) is 5.08. The summed E-state index contributed by atoms with van der Waals surface area (Å²) in [7, 11) is 0. The third-order valence-corrected chi connectivity index (χ3v) is 4.64. The summed E-state index contributed by atoms with van der Waals surface area (Å²) in [4.78, 5) is 19.5. The summed E-state index contributed by atoms with van der Waals surface area (Å²) in [5, 5.41) is 6.37. The molecule has 1 atom stereocenters. The van der Waals surface area contributed by atoms with Crippen LogP contribution in [0.5, 0.6) is 0 Å². The summed E-state index contributed by atoms with van der Waals surface area (Å²) in [5.41, 5.74) is 1.85. The van der Waals surface area contributed by atoms with Crippen molar-refractivity contribution in [2.24, 2.45) is 11.8 Å². The number of rotatable bonds is 5. The van der Waals surface area contributed by atoms with Crippen LogP contribution in [0.15, 0.2) is 36.7 Å². The van der Waals surface area contributed by atoms with Gasteiger partial charge in [0.1, 0.15) is 5.82 Å². The zero-order valence-corrected chi connectivity index (χ0v) is 13.5. The molecule has 2 heterocycles. The van der Waals surface area contributed by atoms with Gasteiger partial charge in [-0.3, -0.25) is 4.79 Å². The van der Waals surface area contributed by atoms with E-state index in [0.717, 1.165) is 30.2 Å². The number of nitrogens with one attached hydrogen (secondary N) is 3. The van der Waals surface area contributed by atoms with Crippen LogP contribution in [0.25, 0.3) is 11.4 Å². The van der Waals surface area contributed by atoms with Gasteiger partial charge in [-0.05, 0) is 62.0 Å². The van der Waals surface area contributed by atoms with E-state index < -0.39 is 0 Å². The SMILES string of the molecule is CC(CC(=O)Nc1ccc(-c2ncc[nH]2)cc1)C1CCNCC1. The minimum Gasteiger partial charge on any atom is -0.345 e. The first kappa shape index (κ1) is 15.7. The number of imidazole rings is 1. The second-order valence-corrected chi connectivity index (χ2v) is 6.33. The first-order valence-electron chi connectivity index (χ1n) is 8.33. The molecule has 1 aromatic carbocycles. The molecule has 0 bridgehead atoms. The van der Waals surface area contributed by atoms with Crippen molar-refractivity contribution in [3.63, 3.8) is 0 Å². The number of benzene rings is 1. The third kappa shape index (κ3) is 4.20. The summed E-state index contributed by atoms with van der Waals surface area (Å²) < 4.78 is 0. The van der Waals surface area contributed by atoms with Gasteiger partial charge < -0.3 is 15.6 Å². The summed E-state index contributed by atoms with van der Waals surface area (Å²) >= 11 is 0. The van der Waals surface area contributed by atoms with Crippen molar-refractivity contribution in [2.75, 3.05) is 18.4 Å². The Bertz CT molecular complexity index is 615. The van der Waals surface area contributed by atoms with Crippen molar-refractivity contribution in [2.45, 2.75) is 26.2 Å². The molecule has 3 N–H and O–H groups in total. The average molecular weight is 312 g/mol. The van der Waals surface area contributed by atoms with E-state index in [1.807, 2.05) is 24.3 Å². The van der Waals surface area contributed by atoms with E-state index in [1.165, 1.54) is 12.8 Å². The molecule has 0 radical (unpaired) electrons. The number of carbonyl (C=O) groups is 1. The zero-order chi connectivity index (χ0) is 16.1. The van der Waals surface area contributed by atoms with Gasteiger partial charge in [0.05, 0.1) is 0 Å².